The molecule has 252 valence electrons. The van der Waals surface area contributed by atoms with Crippen LogP contribution in [0, 0.1) is 0 Å². The number of aromatic amines is 2. The molecule has 0 aliphatic carbocycles. The van der Waals surface area contributed by atoms with Gasteiger partial charge in [-0.2, -0.15) is 0 Å². The number of H-pyrrole nitrogens is 2. The van der Waals surface area contributed by atoms with E-state index in [1.54, 1.807) is 6.07 Å². The summed E-state index contributed by atoms with van der Waals surface area (Å²) in [5.74, 6) is 2.20. The van der Waals surface area contributed by atoms with E-state index < -0.39 is 0 Å². The number of aromatic nitrogens is 8. The Morgan fingerprint density at radius 3 is 1.53 bits per heavy atom. The average Bonchev–Trinajstić information content (AvgIpc) is 3.87. The van der Waals surface area contributed by atoms with Crippen molar-refractivity contribution >= 4 is 50.1 Å². The van der Waals surface area contributed by atoms with E-state index >= 15 is 0 Å². The molecule has 51 heavy (non-hydrogen) atoms. The number of esters is 1. The van der Waals surface area contributed by atoms with Gasteiger partial charge in [-0.1, -0.05) is 118 Å². The Kier molecular flexibility index (Phi) is 8.59. The van der Waals surface area contributed by atoms with Gasteiger partial charge in [0.05, 0.1) is 5.39 Å². The molecule has 11 heteroatoms. The minimum Gasteiger partial charge on any atom is -0.426 e. The molecule has 4 aromatic carbocycles. The Bertz CT molecular complexity index is 2640. The largest absolute Gasteiger partial charge is 0.426 e. The first-order valence-corrected chi connectivity index (χ1v) is 17.1. The van der Waals surface area contributed by atoms with Gasteiger partial charge in [-0.15, -0.1) is 0 Å². The van der Waals surface area contributed by atoms with Crippen molar-refractivity contribution < 1.29 is 26.6 Å². The van der Waals surface area contributed by atoms with Crippen LogP contribution in [-0.4, -0.2) is 45.8 Å². The fraction of sp³-hybridized carbons (Fsp3) is 0.175. The molecule has 0 unspecified atom stereocenters. The zero-order valence-electron chi connectivity index (χ0n) is 27.8. The van der Waals surface area contributed by atoms with E-state index in [0.717, 1.165) is 64.1 Å². The quantitative estimate of drug-likeness (QED) is 0.0723. The van der Waals surface area contributed by atoms with Crippen LogP contribution in [0.15, 0.2) is 91.0 Å². The van der Waals surface area contributed by atoms with Gasteiger partial charge in [-0.25, -0.2) is 29.9 Å². The molecule has 2 aliphatic heterocycles. The van der Waals surface area contributed by atoms with Crippen molar-refractivity contribution in [1.82, 2.24) is 39.9 Å². The zero-order valence-corrected chi connectivity index (χ0v) is 28.9. The second kappa shape index (κ2) is 13.5. The minimum atomic E-state index is -0.275. The maximum absolute atomic E-state index is 13.1. The summed E-state index contributed by atoms with van der Waals surface area (Å²) in [7, 11) is 0. The van der Waals surface area contributed by atoms with Crippen LogP contribution in [0.2, 0.25) is 0 Å². The van der Waals surface area contributed by atoms with Crippen molar-refractivity contribution in [2.45, 2.75) is 45.4 Å². The number of rotatable bonds is 7. The van der Waals surface area contributed by atoms with E-state index in [9.17, 15) is 4.79 Å². The normalized spacial score (nSPS) is 11.6. The van der Waals surface area contributed by atoms with Crippen LogP contribution in [0.3, 0.4) is 0 Å². The smallest absolute Gasteiger partial charge is 0.311 e. The van der Waals surface area contributed by atoms with Crippen molar-refractivity contribution in [3.05, 3.63) is 91.0 Å². The molecule has 0 amide bonds. The van der Waals surface area contributed by atoms with Crippen LogP contribution >= 0.6 is 0 Å². The number of unbranched alkanes of at least 4 members (excludes halogenated alkanes) is 4. The number of ether oxygens (including phenoxy) is 1. The van der Waals surface area contributed by atoms with E-state index in [2.05, 4.69) is 16.9 Å². The third kappa shape index (κ3) is 5.84. The molecule has 0 fully saturated rings. The number of nitrogens with zero attached hydrogens (tertiary/aromatic N) is 6. The summed E-state index contributed by atoms with van der Waals surface area (Å²) in [6, 6.07) is 29.5. The van der Waals surface area contributed by atoms with E-state index in [4.69, 9.17) is 34.6 Å². The van der Waals surface area contributed by atoms with Gasteiger partial charge in [0.2, 0.25) is 0 Å². The van der Waals surface area contributed by atoms with Crippen LogP contribution in [-0.2, 0) is 21.9 Å². The third-order valence-electron chi connectivity index (χ3n) is 9.25. The molecule has 7 aromatic rings. The number of fused-ring (bicyclic) bond motifs is 20. The molecule has 9 rings (SSSR count). The van der Waals surface area contributed by atoms with Crippen LogP contribution in [0.5, 0.6) is 5.75 Å². The van der Waals surface area contributed by atoms with Crippen molar-refractivity contribution in [3.63, 3.8) is 0 Å². The summed E-state index contributed by atoms with van der Waals surface area (Å²) in [5.41, 5.74) is 5.71. The predicted octanol–water partition coefficient (Wildman–Crippen LogP) is 9.13. The summed E-state index contributed by atoms with van der Waals surface area (Å²) in [5, 5.41) is 3.22. The molecule has 0 spiro atoms. The monoisotopic (exact) mass is 712 g/mol. The second-order valence-electron chi connectivity index (χ2n) is 12.6. The first-order valence-electron chi connectivity index (χ1n) is 17.1. The van der Waals surface area contributed by atoms with Crippen molar-refractivity contribution in [2.75, 3.05) is 0 Å². The molecule has 8 bridgehead atoms. The van der Waals surface area contributed by atoms with Gasteiger partial charge in [0.1, 0.15) is 28.3 Å². The maximum atomic E-state index is 13.1. The number of nitrogens with one attached hydrogen (secondary N) is 2. The number of carbonyl (C=O) groups excluding carboxylic acids is 1. The van der Waals surface area contributed by atoms with Gasteiger partial charge in [-0.05, 0) is 12.5 Å². The summed E-state index contributed by atoms with van der Waals surface area (Å²) in [4.78, 5) is 50.1. The standard InChI is InChI=1S/C40H32N8O2.Fe/c1-2-3-4-5-6-22-31(49)50-30-21-13-20-29-32(30)40-47-38-28-19-12-11-18-27(28)36(45-38)43-34-24-15-8-7-14-23(24)33(41-34)42-35-25-16-9-10-17-26(25)37(44-35)46-39(29)48-40;/h7-21H,2-6,22H2,1H3,(H2,41,42,43,44,45,46,47,48);. The molecule has 3 aromatic heterocycles. The SMILES string of the molecule is CCCCCCCC(=O)Oc1cccc2c3nc4nc(nc5[nH]c(nc6nc(nc([nH]3)c12)-c1ccccc1-6)c1ccccc51)-c1ccccc1-4.[Fe]. The Morgan fingerprint density at radius 2 is 0.980 bits per heavy atom. The summed E-state index contributed by atoms with van der Waals surface area (Å²) in [6.45, 7) is 2.18. The van der Waals surface area contributed by atoms with Crippen LogP contribution < -0.4 is 4.74 Å². The number of benzene rings is 4. The molecule has 10 nitrogen and oxygen atoms in total. The van der Waals surface area contributed by atoms with Crippen LogP contribution in [0.25, 0.3) is 89.7 Å². The number of hydrogen-bond donors (Lipinski definition) is 2. The Labute approximate surface area is 303 Å². The average molecular weight is 713 g/mol. The molecule has 0 saturated carbocycles. The molecule has 0 radical (unpaired) electrons. The fourth-order valence-electron chi connectivity index (χ4n) is 6.79. The molecule has 0 saturated heterocycles. The van der Waals surface area contributed by atoms with Crippen molar-refractivity contribution in [1.29, 1.82) is 0 Å². The van der Waals surface area contributed by atoms with Gasteiger partial charge in [-0.3, -0.25) is 4.79 Å². The minimum absolute atomic E-state index is 0. The third-order valence-corrected chi connectivity index (χ3v) is 9.25. The van der Waals surface area contributed by atoms with Crippen molar-refractivity contribution in [3.8, 4) is 51.3 Å². The number of hydrogen-bond acceptors (Lipinski definition) is 8. The predicted molar refractivity (Wildman–Crippen MR) is 195 cm³/mol. The van der Waals surface area contributed by atoms with E-state index in [-0.39, 0.29) is 23.0 Å². The Morgan fingerprint density at radius 1 is 0.529 bits per heavy atom. The summed E-state index contributed by atoms with van der Waals surface area (Å²) < 4.78 is 6.03. The van der Waals surface area contributed by atoms with Gasteiger partial charge in [0.25, 0.3) is 0 Å². The Hall–Kier alpha value is -5.77. The first kappa shape index (κ1) is 32.4. The first-order chi connectivity index (χ1) is 24.6. The second-order valence-corrected chi connectivity index (χ2v) is 12.6. The summed E-state index contributed by atoms with van der Waals surface area (Å²) in [6.07, 6.45) is 5.56. The van der Waals surface area contributed by atoms with Crippen LogP contribution in [0.1, 0.15) is 45.4 Å². The topological polar surface area (TPSA) is 135 Å². The molecule has 0 atom stereocenters. The molecule has 2 N–H and O–H groups in total. The fourth-order valence-corrected chi connectivity index (χ4v) is 6.79. The van der Waals surface area contributed by atoms with Gasteiger partial charge < -0.3 is 14.7 Å². The maximum Gasteiger partial charge on any atom is 0.311 e. The van der Waals surface area contributed by atoms with E-state index in [1.165, 1.54) is 6.42 Å². The zero-order chi connectivity index (χ0) is 33.6. The van der Waals surface area contributed by atoms with Crippen LogP contribution in [0.4, 0.5) is 0 Å². The summed E-state index contributed by atoms with van der Waals surface area (Å²) >= 11 is 0. The molecule has 5 heterocycles. The molecular weight excluding hydrogens is 680 g/mol. The molecular formula is C40H32FeN8O2. The van der Waals surface area contributed by atoms with Gasteiger partial charge in [0.15, 0.2) is 23.3 Å². The van der Waals surface area contributed by atoms with Crippen molar-refractivity contribution in [2.24, 2.45) is 0 Å². The van der Waals surface area contributed by atoms with Gasteiger partial charge >= 0.3 is 5.97 Å². The van der Waals surface area contributed by atoms with E-state index in [0.29, 0.717) is 63.4 Å². The van der Waals surface area contributed by atoms with E-state index in [1.807, 2.05) is 84.9 Å². The molecule has 2 aliphatic rings. The Balaban J connectivity index is 0.00000374. The number of carbonyl (C=O) groups is 1. The van der Waals surface area contributed by atoms with Gasteiger partial charge in [0, 0.05) is 61.9 Å².